The molecule has 3 nitrogen and oxygen atoms in total. The molecule has 0 saturated carbocycles. The largest absolute Gasteiger partial charge is 0.312 e. The van der Waals surface area contributed by atoms with Gasteiger partial charge in [-0.1, -0.05) is 19.9 Å². The fourth-order valence-electron chi connectivity index (χ4n) is 1.63. The predicted octanol–water partition coefficient (Wildman–Crippen LogP) is 2.32. The van der Waals surface area contributed by atoms with Crippen molar-refractivity contribution in [1.82, 2.24) is 9.88 Å². The Morgan fingerprint density at radius 2 is 2.19 bits per heavy atom. The molecule has 0 radical (unpaired) electrons. The quantitative estimate of drug-likeness (QED) is 0.749. The number of nitrogens with one attached hydrogen (secondary N) is 1. The van der Waals surface area contributed by atoms with E-state index in [0.717, 1.165) is 24.9 Å². The van der Waals surface area contributed by atoms with Gasteiger partial charge in [0.05, 0.1) is 0 Å². The summed E-state index contributed by atoms with van der Waals surface area (Å²) in [5.41, 5.74) is 0.997. The lowest BCUT2D eigenvalue weighted by atomic mass is 10.2. The van der Waals surface area contributed by atoms with Gasteiger partial charge in [-0.15, -0.1) is 0 Å². The Bertz CT molecular complexity index is 370. The SMILES string of the molecule is CCCNCc1cccn(C(C)CC)c1=O. The number of hydrogen-bond acceptors (Lipinski definition) is 2. The highest BCUT2D eigenvalue weighted by Gasteiger charge is 2.06. The van der Waals surface area contributed by atoms with Crippen LogP contribution in [-0.2, 0) is 6.54 Å². The summed E-state index contributed by atoms with van der Waals surface area (Å²) >= 11 is 0. The molecule has 1 aromatic heterocycles. The first kappa shape index (κ1) is 13.0. The lowest BCUT2D eigenvalue weighted by molar-refractivity contribution is 0.508. The van der Waals surface area contributed by atoms with Gasteiger partial charge in [0.25, 0.3) is 5.56 Å². The number of pyridine rings is 1. The van der Waals surface area contributed by atoms with E-state index in [-0.39, 0.29) is 11.6 Å². The molecule has 0 aliphatic heterocycles. The Balaban J connectivity index is 2.82. The second kappa shape index (κ2) is 6.48. The average Bonchev–Trinajstić information content (AvgIpc) is 2.30. The monoisotopic (exact) mass is 222 g/mol. The summed E-state index contributed by atoms with van der Waals surface area (Å²) in [4.78, 5) is 12.1. The first-order chi connectivity index (χ1) is 7.70. The maximum Gasteiger partial charge on any atom is 0.255 e. The Morgan fingerprint density at radius 1 is 1.44 bits per heavy atom. The van der Waals surface area contributed by atoms with Gasteiger partial charge < -0.3 is 9.88 Å². The molecule has 0 bridgehead atoms. The van der Waals surface area contributed by atoms with E-state index in [0.29, 0.717) is 6.54 Å². The normalized spacial score (nSPS) is 12.7. The Labute approximate surface area is 97.5 Å². The van der Waals surface area contributed by atoms with Crippen molar-refractivity contribution in [1.29, 1.82) is 0 Å². The van der Waals surface area contributed by atoms with Crippen molar-refractivity contribution in [3.05, 3.63) is 34.2 Å². The van der Waals surface area contributed by atoms with Gasteiger partial charge in [-0.25, -0.2) is 0 Å². The molecule has 0 aromatic carbocycles. The van der Waals surface area contributed by atoms with E-state index in [2.05, 4.69) is 26.1 Å². The minimum atomic E-state index is 0.139. The molecule has 1 heterocycles. The van der Waals surface area contributed by atoms with Gasteiger partial charge in [-0.3, -0.25) is 4.79 Å². The smallest absolute Gasteiger partial charge is 0.255 e. The molecule has 90 valence electrons. The lowest BCUT2D eigenvalue weighted by Gasteiger charge is -2.14. The highest BCUT2D eigenvalue weighted by atomic mass is 16.1. The number of aromatic nitrogens is 1. The summed E-state index contributed by atoms with van der Waals surface area (Å²) in [7, 11) is 0. The summed E-state index contributed by atoms with van der Waals surface area (Å²) in [6.07, 6.45) is 3.94. The zero-order valence-electron chi connectivity index (χ0n) is 10.5. The molecule has 1 rings (SSSR count). The maximum absolute atomic E-state index is 12.1. The van der Waals surface area contributed by atoms with Crippen molar-refractivity contribution in [2.75, 3.05) is 6.54 Å². The zero-order chi connectivity index (χ0) is 12.0. The second-order valence-electron chi connectivity index (χ2n) is 4.18. The first-order valence-corrected chi connectivity index (χ1v) is 6.11. The molecule has 1 N–H and O–H groups in total. The van der Waals surface area contributed by atoms with Crippen LogP contribution in [0.15, 0.2) is 23.1 Å². The molecule has 0 saturated heterocycles. The maximum atomic E-state index is 12.1. The minimum Gasteiger partial charge on any atom is -0.312 e. The highest BCUT2D eigenvalue weighted by Crippen LogP contribution is 2.06. The van der Waals surface area contributed by atoms with Gasteiger partial charge in [-0.05, 0) is 32.4 Å². The van der Waals surface area contributed by atoms with Gasteiger partial charge >= 0.3 is 0 Å². The lowest BCUT2D eigenvalue weighted by Crippen LogP contribution is -2.28. The summed E-state index contributed by atoms with van der Waals surface area (Å²) in [6, 6.07) is 4.14. The van der Waals surface area contributed by atoms with Gasteiger partial charge in [0.2, 0.25) is 0 Å². The third-order valence-electron chi connectivity index (χ3n) is 2.86. The Hall–Kier alpha value is -1.09. The predicted molar refractivity (Wildman–Crippen MR) is 67.7 cm³/mol. The van der Waals surface area contributed by atoms with Crippen LogP contribution in [0.2, 0.25) is 0 Å². The molecule has 1 aromatic rings. The molecule has 0 aliphatic rings. The van der Waals surface area contributed by atoms with E-state index in [9.17, 15) is 4.79 Å². The summed E-state index contributed by atoms with van der Waals surface area (Å²) in [5, 5.41) is 3.26. The van der Waals surface area contributed by atoms with Crippen LogP contribution in [0.5, 0.6) is 0 Å². The van der Waals surface area contributed by atoms with Crippen LogP contribution >= 0.6 is 0 Å². The fraction of sp³-hybridized carbons (Fsp3) is 0.615. The van der Waals surface area contributed by atoms with Crippen molar-refractivity contribution >= 4 is 0 Å². The minimum absolute atomic E-state index is 0.139. The topological polar surface area (TPSA) is 34.0 Å². The van der Waals surface area contributed by atoms with Gasteiger partial charge in [0.1, 0.15) is 0 Å². The molecule has 0 spiro atoms. The third-order valence-corrected chi connectivity index (χ3v) is 2.86. The van der Waals surface area contributed by atoms with Crippen LogP contribution in [0.3, 0.4) is 0 Å². The summed E-state index contributed by atoms with van der Waals surface area (Å²) in [6.45, 7) is 7.92. The van der Waals surface area contributed by atoms with E-state index < -0.39 is 0 Å². The van der Waals surface area contributed by atoms with Crippen LogP contribution in [-0.4, -0.2) is 11.1 Å². The van der Waals surface area contributed by atoms with Crippen molar-refractivity contribution in [2.45, 2.75) is 46.2 Å². The van der Waals surface area contributed by atoms with Gasteiger partial charge in [0.15, 0.2) is 0 Å². The van der Waals surface area contributed by atoms with E-state index in [1.807, 2.05) is 22.9 Å². The molecule has 0 amide bonds. The van der Waals surface area contributed by atoms with Crippen LogP contribution in [0.4, 0.5) is 0 Å². The Kier molecular flexibility index (Phi) is 5.26. The van der Waals surface area contributed by atoms with Crippen LogP contribution in [0, 0.1) is 0 Å². The van der Waals surface area contributed by atoms with E-state index in [4.69, 9.17) is 0 Å². The molecule has 1 atom stereocenters. The molecular formula is C13H22N2O. The van der Waals surface area contributed by atoms with Crippen molar-refractivity contribution in [3.8, 4) is 0 Å². The fourth-order valence-corrected chi connectivity index (χ4v) is 1.63. The number of nitrogens with zero attached hydrogens (tertiary/aromatic N) is 1. The molecule has 1 unspecified atom stereocenters. The highest BCUT2D eigenvalue weighted by molar-refractivity contribution is 5.10. The molecular weight excluding hydrogens is 200 g/mol. The summed E-state index contributed by atoms with van der Waals surface area (Å²) in [5.74, 6) is 0. The van der Waals surface area contributed by atoms with E-state index in [1.165, 1.54) is 0 Å². The first-order valence-electron chi connectivity index (χ1n) is 6.11. The summed E-state index contributed by atoms with van der Waals surface area (Å²) < 4.78 is 1.82. The number of rotatable bonds is 6. The zero-order valence-corrected chi connectivity index (χ0v) is 10.5. The van der Waals surface area contributed by atoms with Crippen LogP contribution in [0.1, 0.15) is 45.2 Å². The van der Waals surface area contributed by atoms with E-state index >= 15 is 0 Å². The molecule has 0 aliphatic carbocycles. The van der Waals surface area contributed by atoms with Crippen molar-refractivity contribution in [2.24, 2.45) is 0 Å². The number of hydrogen-bond donors (Lipinski definition) is 1. The van der Waals surface area contributed by atoms with Gasteiger partial charge in [0, 0.05) is 24.3 Å². The molecule has 16 heavy (non-hydrogen) atoms. The third kappa shape index (κ3) is 3.20. The van der Waals surface area contributed by atoms with E-state index in [1.54, 1.807) is 0 Å². The van der Waals surface area contributed by atoms with Crippen LogP contribution < -0.4 is 10.9 Å². The van der Waals surface area contributed by atoms with Gasteiger partial charge in [-0.2, -0.15) is 0 Å². The molecule has 3 heteroatoms. The second-order valence-corrected chi connectivity index (χ2v) is 4.18. The van der Waals surface area contributed by atoms with Crippen LogP contribution in [0.25, 0.3) is 0 Å². The average molecular weight is 222 g/mol. The van der Waals surface area contributed by atoms with Crippen molar-refractivity contribution < 1.29 is 0 Å². The standard InChI is InChI=1S/C13H22N2O/c1-4-8-14-10-12-7-6-9-15(13(12)16)11(3)5-2/h6-7,9,11,14H,4-5,8,10H2,1-3H3. The Morgan fingerprint density at radius 3 is 2.81 bits per heavy atom. The molecule has 0 fully saturated rings. The van der Waals surface area contributed by atoms with Crippen molar-refractivity contribution in [3.63, 3.8) is 0 Å².